The van der Waals surface area contributed by atoms with E-state index < -0.39 is 0 Å². The average molecular weight is 219 g/mol. The van der Waals surface area contributed by atoms with E-state index >= 15 is 0 Å². The summed E-state index contributed by atoms with van der Waals surface area (Å²) >= 11 is 0. The summed E-state index contributed by atoms with van der Waals surface area (Å²) in [5.74, 6) is 6.32. The number of aliphatic imine (C=N–C) groups is 1. The van der Waals surface area contributed by atoms with Crippen LogP contribution in [0.15, 0.2) is 29.3 Å². The van der Waals surface area contributed by atoms with E-state index in [2.05, 4.69) is 41.6 Å². The summed E-state index contributed by atoms with van der Waals surface area (Å²) in [6.45, 7) is 6.22. The van der Waals surface area contributed by atoms with Crippen LogP contribution in [0, 0.1) is 6.92 Å². The molecule has 3 nitrogen and oxygen atoms in total. The molecule has 16 heavy (non-hydrogen) atoms. The van der Waals surface area contributed by atoms with E-state index in [1.54, 1.807) is 0 Å². The number of hydrogen-bond acceptors (Lipinski definition) is 2. The van der Waals surface area contributed by atoms with Crippen molar-refractivity contribution < 1.29 is 0 Å². The Labute approximate surface area is 97.7 Å². The van der Waals surface area contributed by atoms with E-state index in [1.165, 1.54) is 11.1 Å². The molecule has 0 amide bonds. The highest BCUT2D eigenvalue weighted by Gasteiger charge is 2.01. The first-order valence-corrected chi connectivity index (χ1v) is 5.71. The van der Waals surface area contributed by atoms with Crippen LogP contribution in [0.2, 0.25) is 0 Å². The summed E-state index contributed by atoms with van der Waals surface area (Å²) in [4.78, 5) is 4.42. The van der Waals surface area contributed by atoms with Crippen LogP contribution in [0.4, 0.5) is 0 Å². The van der Waals surface area contributed by atoms with Gasteiger partial charge in [-0.25, -0.2) is 5.84 Å². The number of aryl methyl sites for hydroxylation is 2. The lowest BCUT2D eigenvalue weighted by Gasteiger charge is -2.09. The fraction of sp³-hybridized carbons (Fsp3) is 0.462. The van der Waals surface area contributed by atoms with Gasteiger partial charge in [-0.15, -0.1) is 0 Å². The van der Waals surface area contributed by atoms with Crippen LogP contribution in [0.1, 0.15) is 31.4 Å². The van der Waals surface area contributed by atoms with Crippen molar-refractivity contribution in [1.82, 2.24) is 5.43 Å². The number of amidine groups is 1. The second-order valence-corrected chi connectivity index (χ2v) is 4.24. The van der Waals surface area contributed by atoms with Gasteiger partial charge in [-0.3, -0.25) is 4.99 Å². The van der Waals surface area contributed by atoms with Crippen molar-refractivity contribution in [3.63, 3.8) is 0 Å². The Morgan fingerprint density at radius 1 is 1.38 bits per heavy atom. The number of hydrazine groups is 1. The van der Waals surface area contributed by atoms with Gasteiger partial charge in [0, 0.05) is 12.5 Å². The zero-order valence-corrected chi connectivity index (χ0v) is 10.3. The maximum absolute atomic E-state index is 5.44. The molecule has 0 saturated carbocycles. The van der Waals surface area contributed by atoms with Gasteiger partial charge >= 0.3 is 0 Å². The molecule has 0 aromatic heterocycles. The van der Waals surface area contributed by atoms with E-state index in [-0.39, 0.29) is 6.04 Å². The third kappa shape index (κ3) is 4.03. The van der Waals surface area contributed by atoms with E-state index in [0.717, 1.165) is 18.7 Å². The van der Waals surface area contributed by atoms with Gasteiger partial charge in [-0.1, -0.05) is 24.3 Å². The second-order valence-electron chi connectivity index (χ2n) is 4.24. The van der Waals surface area contributed by atoms with Gasteiger partial charge in [0.25, 0.3) is 0 Å². The highest BCUT2D eigenvalue weighted by atomic mass is 15.2. The van der Waals surface area contributed by atoms with Crippen molar-refractivity contribution in [3.05, 3.63) is 35.4 Å². The van der Waals surface area contributed by atoms with Gasteiger partial charge in [-0.2, -0.15) is 0 Å². The molecular formula is C13H21N3. The number of nitrogens with one attached hydrogen (secondary N) is 1. The second kappa shape index (κ2) is 6.28. The molecule has 0 aliphatic carbocycles. The van der Waals surface area contributed by atoms with Crippen molar-refractivity contribution >= 4 is 5.84 Å². The van der Waals surface area contributed by atoms with Gasteiger partial charge in [-0.05, 0) is 38.3 Å². The number of nitrogens with two attached hydrogens (primary N) is 1. The first kappa shape index (κ1) is 12.7. The summed E-state index contributed by atoms with van der Waals surface area (Å²) in [6, 6.07) is 8.69. The molecule has 3 N–H and O–H groups in total. The Morgan fingerprint density at radius 3 is 2.62 bits per heavy atom. The van der Waals surface area contributed by atoms with Gasteiger partial charge in [0.2, 0.25) is 0 Å². The molecule has 3 heteroatoms. The molecule has 0 bridgehead atoms. The Morgan fingerprint density at radius 2 is 2.06 bits per heavy atom. The molecule has 0 spiro atoms. The molecule has 1 rings (SSSR count). The SMILES string of the molecule is Cc1ccccc1CCC(=NC(C)C)NN. The Hall–Kier alpha value is -1.35. The van der Waals surface area contributed by atoms with E-state index in [1.807, 2.05) is 13.8 Å². The summed E-state index contributed by atoms with van der Waals surface area (Å²) in [5.41, 5.74) is 5.35. The number of hydrogen-bond donors (Lipinski definition) is 2. The molecule has 1 aromatic rings. The summed E-state index contributed by atoms with van der Waals surface area (Å²) in [5, 5.41) is 0. The van der Waals surface area contributed by atoms with Gasteiger partial charge in [0.15, 0.2) is 0 Å². The van der Waals surface area contributed by atoms with E-state index in [4.69, 9.17) is 5.84 Å². The largest absolute Gasteiger partial charge is 0.312 e. The lowest BCUT2D eigenvalue weighted by atomic mass is 10.0. The lowest BCUT2D eigenvalue weighted by Crippen LogP contribution is -2.31. The molecule has 0 aliphatic rings. The zero-order valence-electron chi connectivity index (χ0n) is 10.3. The molecular weight excluding hydrogens is 198 g/mol. The van der Waals surface area contributed by atoms with Crippen molar-refractivity contribution in [2.24, 2.45) is 10.8 Å². The monoisotopic (exact) mass is 219 g/mol. The molecule has 1 aromatic carbocycles. The van der Waals surface area contributed by atoms with Crippen molar-refractivity contribution in [2.45, 2.75) is 39.7 Å². The normalized spacial score (nSPS) is 11.9. The van der Waals surface area contributed by atoms with Gasteiger partial charge in [0.1, 0.15) is 5.84 Å². The smallest absolute Gasteiger partial charge is 0.111 e. The van der Waals surface area contributed by atoms with E-state index in [9.17, 15) is 0 Å². The minimum Gasteiger partial charge on any atom is -0.312 e. The van der Waals surface area contributed by atoms with Gasteiger partial charge in [0.05, 0.1) is 0 Å². The standard InChI is InChI=1S/C13H21N3/c1-10(2)15-13(16-14)9-8-12-7-5-4-6-11(12)3/h4-7,10H,8-9,14H2,1-3H3,(H,15,16). The first-order valence-electron chi connectivity index (χ1n) is 5.71. The van der Waals surface area contributed by atoms with Crippen LogP contribution in [0.3, 0.4) is 0 Å². The zero-order chi connectivity index (χ0) is 12.0. The van der Waals surface area contributed by atoms with Crippen molar-refractivity contribution in [1.29, 1.82) is 0 Å². The summed E-state index contributed by atoms with van der Waals surface area (Å²) in [6.07, 6.45) is 1.84. The first-order chi connectivity index (χ1) is 7.63. The number of nitrogens with zero attached hydrogens (tertiary/aromatic N) is 1. The van der Waals surface area contributed by atoms with Crippen molar-refractivity contribution in [3.8, 4) is 0 Å². The quantitative estimate of drug-likeness (QED) is 0.353. The highest BCUT2D eigenvalue weighted by molar-refractivity contribution is 5.81. The maximum atomic E-state index is 5.44. The van der Waals surface area contributed by atoms with Crippen LogP contribution in [-0.4, -0.2) is 11.9 Å². The molecule has 0 aliphatic heterocycles. The third-order valence-electron chi connectivity index (χ3n) is 2.47. The Kier molecular flexibility index (Phi) is 4.99. The number of rotatable bonds is 4. The van der Waals surface area contributed by atoms with Crippen LogP contribution in [-0.2, 0) is 6.42 Å². The minimum absolute atomic E-state index is 0.280. The molecule has 0 radical (unpaired) electrons. The fourth-order valence-corrected chi connectivity index (χ4v) is 1.63. The van der Waals surface area contributed by atoms with Crippen molar-refractivity contribution in [2.75, 3.05) is 0 Å². The predicted octanol–water partition coefficient (Wildman–Crippen LogP) is 2.20. The fourth-order valence-electron chi connectivity index (χ4n) is 1.63. The maximum Gasteiger partial charge on any atom is 0.111 e. The Balaban J connectivity index is 2.60. The minimum atomic E-state index is 0.280. The third-order valence-corrected chi connectivity index (χ3v) is 2.47. The predicted molar refractivity (Wildman–Crippen MR) is 69.4 cm³/mol. The highest BCUT2D eigenvalue weighted by Crippen LogP contribution is 2.09. The molecule has 0 fully saturated rings. The lowest BCUT2D eigenvalue weighted by molar-refractivity contribution is 0.800. The van der Waals surface area contributed by atoms with Crippen LogP contribution < -0.4 is 11.3 Å². The van der Waals surface area contributed by atoms with Gasteiger partial charge < -0.3 is 5.43 Å². The molecule has 0 atom stereocenters. The summed E-state index contributed by atoms with van der Waals surface area (Å²) in [7, 11) is 0. The summed E-state index contributed by atoms with van der Waals surface area (Å²) < 4.78 is 0. The topological polar surface area (TPSA) is 50.4 Å². The molecule has 0 heterocycles. The van der Waals surface area contributed by atoms with E-state index in [0.29, 0.717) is 0 Å². The Bertz CT molecular complexity index is 356. The molecule has 88 valence electrons. The molecule has 0 unspecified atom stereocenters. The van der Waals surface area contributed by atoms with Crippen LogP contribution in [0.5, 0.6) is 0 Å². The van der Waals surface area contributed by atoms with Crippen LogP contribution >= 0.6 is 0 Å². The van der Waals surface area contributed by atoms with Crippen LogP contribution in [0.25, 0.3) is 0 Å². The average Bonchev–Trinajstić information content (AvgIpc) is 2.25. The number of benzene rings is 1. The molecule has 0 saturated heterocycles.